The molecule has 7 heteroatoms. The Kier molecular flexibility index (Phi) is 4.41. The molecule has 0 unspecified atom stereocenters. The van der Waals surface area contributed by atoms with Crippen LogP contribution < -0.4 is 0 Å². The number of carbonyl (C=O) groups is 1. The molecule has 0 aliphatic heterocycles. The molecular formula is C17H18N4O3. The molecule has 2 aromatic heterocycles. The van der Waals surface area contributed by atoms with Crippen molar-refractivity contribution in [3.63, 3.8) is 0 Å². The van der Waals surface area contributed by atoms with Crippen molar-refractivity contribution >= 4 is 5.97 Å². The fourth-order valence-electron chi connectivity index (χ4n) is 2.50. The van der Waals surface area contributed by atoms with Crippen molar-refractivity contribution < 1.29 is 14.1 Å². The first-order valence-electron chi connectivity index (χ1n) is 7.59. The van der Waals surface area contributed by atoms with Gasteiger partial charge in [-0.25, -0.2) is 4.79 Å². The molecule has 0 bridgehead atoms. The number of hydrogen-bond acceptors (Lipinski definition) is 6. The maximum absolute atomic E-state index is 12.4. The zero-order valence-electron chi connectivity index (χ0n) is 13.8. The predicted octanol–water partition coefficient (Wildman–Crippen LogP) is 2.60. The van der Waals surface area contributed by atoms with Crippen molar-refractivity contribution in [2.45, 2.75) is 33.9 Å². The molecule has 3 aromatic rings. The second kappa shape index (κ2) is 6.66. The number of rotatable bonds is 5. The minimum atomic E-state index is -0.444. The van der Waals surface area contributed by atoms with Crippen LogP contribution in [0.4, 0.5) is 0 Å². The Bertz CT molecular complexity index is 852. The van der Waals surface area contributed by atoms with E-state index >= 15 is 0 Å². The Morgan fingerprint density at radius 1 is 1.21 bits per heavy atom. The number of ether oxygens (including phenoxy) is 1. The van der Waals surface area contributed by atoms with Crippen LogP contribution in [0.5, 0.6) is 0 Å². The second-order valence-electron chi connectivity index (χ2n) is 5.50. The minimum absolute atomic E-state index is 0.0532. The van der Waals surface area contributed by atoms with Crippen LogP contribution in [-0.2, 0) is 17.9 Å². The Hall–Kier alpha value is -2.96. The Morgan fingerprint density at radius 3 is 2.62 bits per heavy atom. The Balaban J connectivity index is 1.74. The number of aromatic nitrogens is 4. The third-order valence-corrected chi connectivity index (χ3v) is 3.66. The van der Waals surface area contributed by atoms with Crippen LogP contribution in [0.1, 0.15) is 39.0 Å². The van der Waals surface area contributed by atoms with Crippen LogP contribution in [0.15, 0.2) is 34.9 Å². The smallest absolute Gasteiger partial charge is 0.342 e. The molecule has 0 atom stereocenters. The lowest BCUT2D eigenvalue weighted by Gasteiger charge is -2.05. The van der Waals surface area contributed by atoms with Gasteiger partial charge in [0.15, 0.2) is 12.4 Å². The number of hydrogen-bond donors (Lipinski definition) is 0. The summed E-state index contributed by atoms with van der Waals surface area (Å²) in [6.45, 7) is 5.90. The van der Waals surface area contributed by atoms with Crippen LogP contribution >= 0.6 is 0 Å². The first kappa shape index (κ1) is 15.9. The average Bonchev–Trinajstić information content (AvgIpc) is 3.10. The van der Waals surface area contributed by atoms with Crippen molar-refractivity contribution in [1.82, 2.24) is 19.9 Å². The Morgan fingerprint density at radius 2 is 1.96 bits per heavy atom. The summed E-state index contributed by atoms with van der Waals surface area (Å²) in [7, 11) is 0. The molecule has 7 nitrogen and oxygen atoms in total. The highest BCUT2D eigenvalue weighted by Crippen LogP contribution is 2.16. The van der Waals surface area contributed by atoms with Gasteiger partial charge in [-0.1, -0.05) is 35.5 Å². The minimum Gasteiger partial charge on any atom is -0.452 e. The molecule has 0 saturated carbocycles. The maximum Gasteiger partial charge on any atom is 0.342 e. The van der Waals surface area contributed by atoms with Gasteiger partial charge >= 0.3 is 5.97 Å². The van der Waals surface area contributed by atoms with Crippen molar-refractivity contribution in [2.75, 3.05) is 0 Å². The van der Waals surface area contributed by atoms with Gasteiger partial charge in [-0.3, -0.25) is 4.68 Å². The number of carbonyl (C=O) groups excluding carboxylic acids is 1. The first-order chi connectivity index (χ1) is 11.5. The van der Waals surface area contributed by atoms with Crippen LogP contribution in [0.3, 0.4) is 0 Å². The number of benzene rings is 1. The lowest BCUT2D eigenvalue weighted by Crippen LogP contribution is -2.09. The molecule has 0 aliphatic carbocycles. The normalized spacial score (nSPS) is 10.8. The molecule has 0 fully saturated rings. The quantitative estimate of drug-likeness (QED) is 0.670. The van der Waals surface area contributed by atoms with E-state index in [4.69, 9.17) is 9.26 Å². The molecular weight excluding hydrogens is 308 g/mol. The summed E-state index contributed by atoms with van der Waals surface area (Å²) in [5.74, 6) is 0.331. The van der Waals surface area contributed by atoms with Gasteiger partial charge in [0.2, 0.25) is 0 Å². The molecule has 2 heterocycles. The van der Waals surface area contributed by atoms with E-state index in [9.17, 15) is 4.79 Å². The summed E-state index contributed by atoms with van der Waals surface area (Å²) in [6.07, 6.45) is 0. The largest absolute Gasteiger partial charge is 0.452 e. The molecule has 3 rings (SSSR count). The van der Waals surface area contributed by atoms with E-state index in [1.54, 1.807) is 18.5 Å². The number of aryl methyl sites for hydroxylation is 2. The van der Waals surface area contributed by atoms with Gasteiger partial charge in [-0.05, 0) is 26.3 Å². The fourth-order valence-corrected chi connectivity index (χ4v) is 2.50. The fraction of sp³-hybridized carbons (Fsp3) is 0.294. The van der Waals surface area contributed by atoms with E-state index in [1.165, 1.54) is 0 Å². The standard InChI is InChI=1S/C17H18N4O3/c1-11-16(17(22)23-10-15-18-13(3)20-24-15)12(2)21(19-11)9-14-7-5-4-6-8-14/h4-8H,9-10H2,1-3H3. The molecule has 0 spiro atoms. The third-order valence-electron chi connectivity index (χ3n) is 3.66. The monoisotopic (exact) mass is 326 g/mol. The topological polar surface area (TPSA) is 83.0 Å². The van der Waals surface area contributed by atoms with E-state index in [-0.39, 0.29) is 12.5 Å². The van der Waals surface area contributed by atoms with Crippen molar-refractivity contribution in [1.29, 1.82) is 0 Å². The van der Waals surface area contributed by atoms with Crippen LogP contribution in [-0.4, -0.2) is 25.9 Å². The van der Waals surface area contributed by atoms with Gasteiger partial charge in [0, 0.05) is 0 Å². The summed E-state index contributed by atoms with van der Waals surface area (Å²) >= 11 is 0. The third kappa shape index (κ3) is 3.34. The second-order valence-corrected chi connectivity index (χ2v) is 5.50. The van der Waals surface area contributed by atoms with Gasteiger partial charge < -0.3 is 9.26 Å². The summed E-state index contributed by atoms with van der Waals surface area (Å²) in [5, 5.41) is 8.11. The van der Waals surface area contributed by atoms with Crippen LogP contribution in [0.2, 0.25) is 0 Å². The molecule has 1 aromatic carbocycles. The molecule has 24 heavy (non-hydrogen) atoms. The number of esters is 1. The molecule has 0 amide bonds. The molecule has 0 N–H and O–H groups in total. The van der Waals surface area contributed by atoms with E-state index in [0.29, 0.717) is 23.6 Å². The van der Waals surface area contributed by atoms with Gasteiger partial charge in [-0.2, -0.15) is 10.1 Å². The van der Waals surface area contributed by atoms with Gasteiger partial charge in [-0.15, -0.1) is 0 Å². The predicted molar refractivity (Wildman–Crippen MR) is 85.4 cm³/mol. The van der Waals surface area contributed by atoms with E-state index in [0.717, 1.165) is 11.3 Å². The zero-order chi connectivity index (χ0) is 17.1. The van der Waals surface area contributed by atoms with Gasteiger partial charge in [0.05, 0.1) is 17.9 Å². The van der Waals surface area contributed by atoms with Gasteiger partial charge in [0.25, 0.3) is 5.89 Å². The average molecular weight is 326 g/mol. The summed E-state index contributed by atoms with van der Waals surface area (Å²) in [5.41, 5.74) is 2.99. The summed E-state index contributed by atoms with van der Waals surface area (Å²) < 4.78 is 12.0. The molecule has 0 radical (unpaired) electrons. The highest BCUT2D eigenvalue weighted by molar-refractivity contribution is 5.91. The molecule has 0 aliphatic rings. The Labute approximate surface area is 139 Å². The van der Waals surface area contributed by atoms with Gasteiger partial charge in [0.1, 0.15) is 5.56 Å². The first-order valence-corrected chi connectivity index (χ1v) is 7.59. The lowest BCUT2D eigenvalue weighted by atomic mass is 10.2. The van der Waals surface area contributed by atoms with Crippen molar-refractivity contribution in [3.8, 4) is 0 Å². The van der Waals surface area contributed by atoms with Crippen molar-refractivity contribution in [2.24, 2.45) is 0 Å². The van der Waals surface area contributed by atoms with Crippen LogP contribution in [0, 0.1) is 20.8 Å². The SMILES string of the molecule is Cc1noc(COC(=O)c2c(C)nn(Cc3ccccc3)c2C)n1. The van der Waals surface area contributed by atoms with E-state index in [1.807, 2.05) is 37.3 Å². The summed E-state index contributed by atoms with van der Waals surface area (Å²) in [6, 6.07) is 9.95. The maximum atomic E-state index is 12.4. The van der Waals surface area contributed by atoms with E-state index in [2.05, 4.69) is 15.2 Å². The number of nitrogens with zero attached hydrogens (tertiary/aromatic N) is 4. The van der Waals surface area contributed by atoms with E-state index < -0.39 is 5.97 Å². The lowest BCUT2D eigenvalue weighted by molar-refractivity contribution is 0.0428. The summed E-state index contributed by atoms with van der Waals surface area (Å²) in [4.78, 5) is 16.4. The zero-order valence-corrected chi connectivity index (χ0v) is 13.8. The molecule has 0 saturated heterocycles. The highest BCUT2D eigenvalue weighted by Gasteiger charge is 2.21. The highest BCUT2D eigenvalue weighted by atomic mass is 16.6. The molecule has 124 valence electrons. The van der Waals surface area contributed by atoms with Crippen molar-refractivity contribution in [3.05, 3.63) is 64.6 Å². The van der Waals surface area contributed by atoms with Crippen LogP contribution in [0.25, 0.3) is 0 Å².